The molecule has 0 radical (unpaired) electrons. The number of aryl methyl sites for hydroxylation is 1. The summed E-state index contributed by atoms with van der Waals surface area (Å²) < 4.78 is 10.5. The average molecular weight is 289 g/mol. The van der Waals surface area contributed by atoms with Gasteiger partial charge >= 0.3 is 0 Å². The van der Waals surface area contributed by atoms with Gasteiger partial charge in [-0.3, -0.25) is 4.79 Å². The number of carbonyl (C=O) groups is 1. The van der Waals surface area contributed by atoms with Crippen molar-refractivity contribution in [1.29, 1.82) is 0 Å². The minimum absolute atomic E-state index is 0.222. The molecule has 0 bridgehead atoms. The molecule has 112 valence electrons. The van der Waals surface area contributed by atoms with Crippen molar-refractivity contribution in [2.45, 2.75) is 13.3 Å². The predicted molar refractivity (Wildman–Crippen MR) is 79.4 cm³/mol. The lowest BCUT2D eigenvalue weighted by Gasteiger charge is -2.06. The number of phenolic OH excluding ortho intramolecular Hbond substituents is 1. The topological polar surface area (TPSA) is 71.7 Å². The lowest BCUT2D eigenvalue weighted by atomic mass is 10.0. The number of furan rings is 1. The van der Waals surface area contributed by atoms with E-state index in [-0.39, 0.29) is 17.4 Å². The van der Waals surface area contributed by atoms with Crippen LogP contribution in [0.2, 0.25) is 0 Å². The number of ether oxygens (including phenoxy) is 1. The summed E-state index contributed by atoms with van der Waals surface area (Å²) in [6.07, 6.45) is 0.764. The number of benzene rings is 1. The van der Waals surface area contributed by atoms with Crippen LogP contribution in [0, 0.1) is 0 Å². The van der Waals surface area contributed by atoms with Crippen molar-refractivity contribution < 1.29 is 19.1 Å². The second-order valence-electron chi connectivity index (χ2n) is 4.61. The van der Waals surface area contributed by atoms with Crippen molar-refractivity contribution in [2.24, 2.45) is 0 Å². The van der Waals surface area contributed by atoms with Crippen molar-refractivity contribution in [2.75, 3.05) is 20.3 Å². The fourth-order valence-electron chi connectivity index (χ4n) is 2.07. The van der Waals surface area contributed by atoms with Gasteiger partial charge in [0, 0.05) is 19.2 Å². The Kier molecular flexibility index (Phi) is 5.00. The van der Waals surface area contributed by atoms with Gasteiger partial charge in [-0.2, -0.15) is 0 Å². The SMILES string of the molecule is CCc1cc(O)ccc1-c1ccc(C(=O)NCCOC)o1. The van der Waals surface area contributed by atoms with Crippen LogP contribution in [-0.2, 0) is 11.2 Å². The van der Waals surface area contributed by atoms with Crippen molar-refractivity contribution in [3.05, 3.63) is 41.7 Å². The van der Waals surface area contributed by atoms with Crippen molar-refractivity contribution in [3.8, 4) is 17.1 Å². The highest BCUT2D eigenvalue weighted by molar-refractivity contribution is 5.92. The van der Waals surface area contributed by atoms with Gasteiger partial charge in [-0.25, -0.2) is 0 Å². The van der Waals surface area contributed by atoms with E-state index in [1.54, 1.807) is 37.4 Å². The number of nitrogens with one attached hydrogen (secondary N) is 1. The highest BCUT2D eigenvalue weighted by atomic mass is 16.5. The van der Waals surface area contributed by atoms with Crippen LogP contribution in [0.25, 0.3) is 11.3 Å². The Hall–Kier alpha value is -2.27. The third-order valence-electron chi connectivity index (χ3n) is 3.16. The number of hydrogen-bond donors (Lipinski definition) is 2. The van der Waals surface area contributed by atoms with Gasteiger partial charge in [0.1, 0.15) is 11.5 Å². The van der Waals surface area contributed by atoms with Crippen LogP contribution in [0.4, 0.5) is 0 Å². The van der Waals surface area contributed by atoms with E-state index in [4.69, 9.17) is 9.15 Å². The summed E-state index contributed by atoms with van der Waals surface area (Å²) in [5.41, 5.74) is 1.85. The molecule has 1 aromatic carbocycles. The Bertz CT molecular complexity index is 618. The lowest BCUT2D eigenvalue weighted by molar-refractivity contribution is 0.0910. The minimum Gasteiger partial charge on any atom is -0.508 e. The molecule has 0 fully saturated rings. The molecule has 0 spiro atoms. The first kappa shape index (κ1) is 15.1. The van der Waals surface area contributed by atoms with Crippen LogP contribution >= 0.6 is 0 Å². The quantitative estimate of drug-likeness (QED) is 0.802. The molecule has 0 aliphatic carbocycles. The molecule has 0 saturated carbocycles. The van der Waals surface area contributed by atoms with Crippen LogP contribution in [0.3, 0.4) is 0 Å². The second-order valence-corrected chi connectivity index (χ2v) is 4.61. The maximum absolute atomic E-state index is 11.9. The van der Waals surface area contributed by atoms with E-state index < -0.39 is 0 Å². The zero-order chi connectivity index (χ0) is 15.2. The summed E-state index contributed by atoms with van der Waals surface area (Å²) in [4.78, 5) is 11.9. The normalized spacial score (nSPS) is 10.6. The third-order valence-corrected chi connectivity index (χ3v) is 3.16. The van der Waals surface area contributed by atoms with E-state index in [0.29, 0.717) is 18.9 Å². The number of aromatic hydroxyl groups is 1. The van der Waals surface area contributed by atoms with Gasteiger partial charge < -0.3 is 19.6 Å². The highest BCUT2D eigenvalue weighted by Gasteiger charge is 2.13. The maximum atomic E-state index is 11.9. The number of carbonyl (C=O) groups excluding carboxylic acids is 1. The molecule has 0 aliphatic heterocycles. The molecule has 5 nitrogen and oxygen atoms in total. The van der Waals surface area contributed by atoms with E-state index in [9.17, 15) is 9.90 Å². The van der Waals surface area contributed by atoms with Crippen LogP contribution in [-0.4, -0.2) is 31.3 Å². The van der Waals surface area contributed by atoms with Crippen LogP contribution in [0.1, 0.15) is 23.0 Å². The van der Waals surface area contributed by atoms with Gasteiger partial charge in [-0.15, -0.1) is 0 Å². The van der Waals surface area contributed by atoms with Gasteiger partial charge in [-0.1, -0.05) is 6.92 Å². The summed E-state index contributed by atoms with van der Waals surface area (Å²) in [5.74, 6) is 0.829. The maximum Gasteiger partial charge on any atom is 0.287 e. The van der Waals surface area contributed by atoms with Crippen molar-refractivity contribution in [3.63, 3.8) is 0 Å². The molecule has 1 aromatic heterocycles. The molecule has 1 amide bonds. The molecule has 1 heterocycles. The van der Waals surface area contributed by atoms with Crippen molar-refractivity contribution >= 4 is 5.91 Å². The Morgan fingerprint density at radius 2 is 2.14 bits per heavy atom. The summed E-state index contributed by atoms with van der Waals surface area (Å²) in [7, 11) is 1.58. The molecule has 2 rings (SSSR count). The Balaban J connectivity index is 2.18. The number of methoxy groups -OCH3 is 1. The van der Waals surface area contributed by atoms with E-state index in [2.05, 4.69) is 5.32 Å². The first-order valence-electron chi connectivity index (χ1n) is 6.85. The second kappa shape index (κ2) is 6.95. The molecule has 5 heteroatoms. The molecular weight excluding hydrogens is 270 g/mol. The summed E-state index contributed by atoms with van der Waals surface area (Å²) >= 11 is 0. The smallest absolute Gasteiger partial charge is 0.287 e. The van der Waals surface area contributed by atoms with Gasteiger partial charge in [0.2, 0.25) is 0 Å². The fraction of sp³-hybridized carbons (Fsp3) is 0.312. The average Bonchev–Trinajstić information content (AvgIpc) is 2.97. The molecule has 0 saturated heterocycles. The van der Waals surface area contributed by atoms with Gasteiger partial charge in [-0.05, 0) is 42.3 Å². The molecule has 0 unspecified atom stereocenters. The highest BCUT2D eigenvalue weighted by Crippen LogP contribution is 2.29. The van der Waals surface area contributed by atoms with Crippen molar-refractivity contribution in [1.82, 2.24) is 5.32 Å². The lowest BCUT2D eigenvalue weighted by Crippen LogP contribution is -2.26. The Morgan fingerprint density at radius 3 is 2.86 bits per heavy atom. The van der Waals surface area contributed by atoms with Gasteiger partial charge in [0.25, 0.3) is 5.91 Å². The molecule has 2 N–H and O–H groups in total. The molecule has 2 aromatic rings. The fourth-order valence-corrected chi connectivity index (χ4v) is 2.07. The zero-order valence-electron chi connectivity index (χ0n) is 12.2. The number of hydrogen-bond acceptors (Lipinski definition) is 4. The first-order chi connectivity index (χ1) is 10.2. The Morgan fingerprint density at radius 1 is 1.33 bits per heavy atom. The molecule has 0 atom stereocenters. The summed E-state index contributed by atoms with van der Waals surface area (Å²) in [6, 6.07) is 8.51. The minimum atomic E-state index is -0.268. The van der Waals surface area contributed by atoms with Gasteiger partial charge in [0.05, 0.1) is 6.61 Å². The largest absolute Gasteiger partial charge is 0.508 e. The number of rotatable bonds is 6. The summed E-state index contributed by atoms with van der Waals surface area (Å²) in [6.45, 7) is 2.89. The Labute approximate surface area is 123 Å². The standard InChI is InChI=1S/C16H19NO4/c1-3-11-10-12(18)4-5-13(11)14-6-7-15(21-14)16(19)17-8-9-20-2/h4-7,10,18H,3,8-9H2,1-2H3,(H,17,19). The van der Waals surface area contributed by atoms with E-state index in [1.165, 1.54) is 0 Å². The van der Waals surface area contributed by atoms with E-state index >= 15 is 0 Å². The molecular formula is C16H19NO4. The number of amides is 1. The van der Waals surface area contributed by atoms with E-state index in [1.807, 2.05) is 6.92 Å². The molecule has 21 heavy (non-hydrogen) atoms. The van der Waals surface area contributed by atoms with Gasteiger partial charge in [0.15, 0.2) is 5.76 Å². The van der Waals surface area contributed by atoms with E-state index in [0.717, 1.165) is 17.5 Å². The molecule has 0 aliphatic rings. The predicted octanol–water partition coefficient (Wildman–Crippen LogP) is 2.59. The number of phenols is 1. The zero-order valence-corrected chi connectivity index (χ0v) is 12.2. The van der Waals surface area contributed by atoms with Crippen LogP contribution in [0.5, 0.6) is 5.75 Å². The van der Waals surface area contributed by atoms with Crippen LogP contribution < -0.4 is 5.32 Å². The van der Waals surface area contributed by atoms with Crippen LogP contribution in [0.15, 0.2) is 34.7 Å². The first-order valence-corrected chi connectivity index (χ1v) is 6.85. The third kappa shape index (κ3) is 3.64. The monoisotopic (exact) mass is 289 g/mol. The summed E-state index contributed by atoms with van der Waals surface area (Å²) in [5, 5.41) is 12.2.